The third-order valence-corrected chi connectivity index (χ3v) is 4.04. The fraction of sp³-hybridized carbons (Fsp3) is 0.312. The van der Waals surface area contributed by atoms with Crippen molar-refractivity contribution in [3.05, 3.63) is 29.3 Å². The standard InChI is InChI=1S/C16H15N3O5/c1-2-12(20)17-8-3-4-9-10(7-8)16(24)19(15(9)23)11-5-6-13(21)18-14(11)22/h3-4,7,11H,2,5-6H2,1H3,(H,17,20)(H,18,21,22). The van der Waals surface area contributed by atoms with Gasteiger partial charge in [0.25, 0.3) is 11.8 Å². The van der Waals surface area contributed by atoms with Crippen molar-refractivity contribution in [2.75, 3.05) is 5.32 Å². The lowest BCUT2D eigenvalue weighted by atomic mass is 10.0. The number of carbonyl (C=O) groups excluding carboxylic acids is 5. The fourth-order valence-electron chi connectivity index (χ4n) is 2.80. The Bertz CT molecular complexity index is 786. The van der Waals surface area contributed by atoms with Crippen molar-refractivity contribution in [1.82, 2.24) is 10.2 Å². The van der Waals surface area contributed by atoms with Gasteiger partial charge in [-0.15, -0.1) is 0 Å². The summed E-state index contributed by atoms with van der Waals surface area (Å²) in [6.45, 7) is 1.70. The zero-order chi connectivity index (χ0) is 17.4. The predicted molar refractivity (Wildman–Crippen MR) is 82.0 cm³/mol. The molecular weight excluding hydrogens is 314 g/mol. The van der Waals surface area contributed by atoms with Gasteiger partial charge in [0.05, 0.1) is 11.1 Å². The SMILES string of the molecule is CCC(=O)Nc1ccc2c(c1)C(=O)N(C1CCC(=O)NC1=O)C2=O. The first-order chi connectivity index (χ1) is 11.4. The summed E-state index contributed by atoms with van der Waals surface area (Å²) in [5.74, 6) is -2.46. The molecule has 2 N–H and O–H groups in total. The highest BCUT2D eigenvalue weighted by Gasteiger charge is 2.44. The van der Waals surface area contributed by atoms with Crippen molar-refractivity contribution < 1.29 is 24.0 Å². The molecule has 5 amide bonds. The number of carbonyl (C=O) groups is 5. The maximum Gasteiger partial charge on any atom is 0.262 e. The molecule has 2 aliphatic heterocycles. The fourth-order valence-corrected chi connectivity index (χ4v) is 2.80. The van der Waals surface area contributed by atoms with E-state index in [1.54, 1.807) is 6.92 Å². The largest absolute Gasteiger partial charge is 0.326 e. The highest BCUT2D eigenvalue weighted by molar-refractivity contribution is 6.23. The number of amides is 5. The molecular formula is C16H15N3O5. The smallest absolute Gasteiger partial charge is 0.262 e. The second-order valence-corrected chi connectivity index (χ2v) is 5.61. The Morgan fingerprint density at radius 3 is 2.58 bits per heavy atom. The molecule has 8 nitrogen and oxygen atoms in total. The molecule has 24 heavy (non-hydrogen) atoms. The number of piperidine rings is 1. The minimum absolute atomic E-state index is 0.0711. The lowest BCUT2D eigenvalue weighted by Crippen LogP contribution is -2.54. The van der Waals surface area contributed by atoms with E-state index in [-0.39, 0.29) is 36.3 Å². The minimum Gasteiger partial charge on any atom is -0.326 e. The molecule has 1 fully saturated rings. The topological polar surface area (TPSA) is 113 Å². The number of imide groups is 2. The van der Waals surface area contributed by atoms with Crippen molar-refractivity contribution in [2.24, 2.45) is 0 Å². The van der Waals surface area contributed by atoms with Crippen LogP contribution in [-0.4, -0.2) is 40.5 Å². The van der Waals surface area contributed by atoms with Crippen LogP contribution in [0.2, 0.25) is 0 Å². The van der Waals surface area contributed by atoms with Gasteiger partial charge in [-0.05, 0) is 24.6 Å². The van der Waals surface area contributed by atoms with Crippen LogP contribution in [0.4, 0.5) is 5.69 Å². The van der Waals surface area contributed by atoms with Gasteiger partial charge in [-0.3, -0.25) is 34.2 Å². The van der Waals surface area contributed by atoms with Crippen molar-refractivity contribution >= 4 is 35.2 Å². The average molecular weight is 329 g/mol. The second-order valence-electron chi connectivity index (χ2n) is 5.61. The van der Waals surface area contributed by atoms with Gasteiger partial charge in [-0.1, -0.05) is 6.92 Å². The van der Waals surface area contributed by atoms with Crippen LogP contribution in [0.25, 0.3) is 0 Å². The molecule has 0 radical (unpaired) electrons. The first kappa shape index (κ1) is 15.9. The van der Waals surface area contributed by atoms with E-state index in [9.17, 15) is 24.0 Å². The van der Waals surface area contributed by atoms with Crippen LogP contribution in [-0.2, 0) is 14.4 Å². The van der Waals surface area contributed by atoms with Gasteiger partial charge < -0.3 is 5.32 Å². The molecule has 1 saturated heterocycles. The van der Waals surface area contributed by atoms with Crippen LogP contribution < -0.4 is 10.6 Å². The molecule has 0 aromatic heterocycles. The van der Waals surface area contributed by atoms with E-state index in [1.807, 2.05) is 0 Å². The molecule has 0 aliphatic carbocycles. The van der Waals surface area contributed by atoms with E-state index in [0.29, 0.717) is 5.69 Å². The van der Waals surface area contributed by atoms with Gasteiger partial charge in [0, 0.05) is 18.5 Å². The molecule has 1 unspecified atom stereocenters. The van der Waals surface area contributed by atoms with E-state index < -0.39 is 29.7 Å². The van der Waals surface area contributed by atoms with Gasteiger partial charge >= 0.3 is 0 Å². The Balaban J connectivity index is 1.89. The molecule has 3 rings (SSSR count). The van der Waals surface area contributed by atoms with Crippen molar-refractivity contribution in [3.8, 4) is 0 Å². The number of hydrogen-bond acceptors (Lipinski definition) is 5. The monoisotopic (exact) mass is 329 g/mol. The van der Waals surface area contributed by atoms with Crippen LogP contribution in [0.1, 0.15) is 46.9 Å². The van der Waals surface area contributed by atoms with E-state index in [4.69, 9.17) is 0 Å². The summed E-state index contributed by atoms with van der Waals surface area (Å²) in [5, 5.41) is 4.76. The van der Waals surface area contributed by atoms with Crippen LogP contribution in [0, 0.1) is 0 Å². The highest BCUT2D eigenvalue weighted by atomic mass is 16.2. The summed E-state index contributed by atoms with van der Waals surface area (Å²) in [5.41, 5.74) is 0.727. The number of rotatable bonds is 3. The lowest BCUT2D eigenvalue weighted by Gasteiger charge is -2.27. The number of fused-ring (bicyclic) bond motifs is 1. The number of nitrogens with one attached hydrogen (secondary N) is 2. The molecule has 0 spiro atoms. The van der Waals surface area contributed by atoms with Crippen LogP contribution >= 0.6 is 0 Å². The van der Waals surface area contributed by atoms with E-state index in [0.717, 1.165) is 4.90 Å². The van der Waals surface area contributed by atoms with Gasteiger partial charge in [-0.25, -0.2) is 0 Å². The summed E-state index contributed by atoms with van der Waals surface area (Å²) in [6.07, 6.45) is 0.462. The number of anilines is 1. The highest BCUT2D eigenvalue weighted by Crippen LogP contribution is 2.29. The van der Waals surface area contributed by atoms with Crippen molar-refractivity contribution in [2.45, 2.75) is 32.2 Å². The Morgan fingerprint density at radius 1 is 1.21 bits per heavy atom. The lowest BCUT2D eigenvalue weighted by molar-refractivity contribution is -0.136. The van der Waals surface area contributed by atoms with Crippen molar-refractivity contribution in [1.29, 1.82) is 0 Å². The van der Waals surface area contributed by atoms with Crippen LogP contribution in [0.15, 0.2) is 18.2 Å². The van der Waals surface area contributed by atoms with E-state index >= 15 is 0 Å². The molecule has 1 aromatic rings. The molecule has 1 atom stereocenters. The molecule has 124 valence electrons. The summed E-state index contributed by atoms with van der Waals surface area (Å²) in [7, 11) is 0. The van der Waals surface area contributed by atoms with Crippen molar-refractivity contribution in [3.63, 3.8) is 0 Å². The Labute approximate surface area is 137 Å². The molecule has 0 bridgehead atoms. The molecule has 1 aromatic carbocycles. The first-order valence-electron chi connectivity index (χ1n) is 7.58. The van der Waals surface area contributed by atoms with Crippen LogP contribution in [0.5, 0.6) is 0 Å². The molecule has 2 aliphatic rings. The quantitative estimate of drug-likeness (QED) is 0.781. The summed E-state index contributed by atoms with van der Waals surface area (Å²) in [6, 6.07) is 3.41. The van der Waals surface area contributed by atoms with Gasteiger partial charge in [0.15, 0.2) is 0 Å². The van der Waals surface area contributed by atoms with Gasteiger partial charge in [-0.2, -0.15) is 0 Å². The second kappa shape index (κ2) is 5.88. The normalized spacial score (nSPS) is 20.0. The zero-order valence-corrected chi connectivity index (χ0v) is 12.9. The minimum atomic E-state index is -0.996. The van der Waals surface area contributed by atoms with Crippen LogP contribution in [0.3, 0.4) is 0 Å². The van der Waals surface area contributed by atoms with Gasteiger partial charge in [0.1, 0.15) is 6.04 Å². The summed E-state index contributed by atoms with van der Waals surface area (Å²) < 4.78 is 0. The van der Waals surface area contributed by atoms with E-state index in [1.165, 1.54) is 18.2 Å². The van der Waals surface area contributed by atoms with Gasteiger partial charge in [0.2, 0.25) is 17.7 Å². The maximum atomic E-state index is 12.6. The first-order valence-corrected chi connectivity index (χ1v) is 7.58. The number of hydrogen-bond donors (Lipinski definition) is 2. The average Bonchev–Trinajstić information content (AvgIpc) is 2.79. The molecule has 8 heteroatoms. The molecule has 2 heterocycles. The summed E-state index contributed by atoms with van der Waals surface area (Å²) in [4.78, 5) is 60.6. The molecule has 0 saturated carbocycles. The zero-order valence-electron chi connectivity index (χ0n) is 12.9. The Hall–Kier alpha value is -3.03. The third-order valence-electron chi connectivity index (χ3n) is 4.04. The predicted octanol–water partition coefficient (Wildman–Crippen LogP) is 0.436. The maximum absolute atomic E-state index is 12.6. The third kappa shape index (κ3) is 2.55. The number of nitrogens with zero attached hydrogens (tertiary/aromatic N) is 1. The Morgan fingerprint density at radius 2 is 1.92 bits per heavy atom. The van der Waals surface area contributed by atoms with E-state index in [2.05, 4.69) is 10.6 Å². The summed E-state index contributed by atoms with van der Waals surface area (Å²) >= 11 is 0. The number of benzene rings is 1. The Kier molecular flexibility index (Phi) is 3.88.